The maximum atomic E-state index is 4.55. The summed E-state index contributed by atoms with van der Waals surface area (Å²) in [5.41, 5.74) is 0. The summed E-state index contributed by atoms with van der Waals surface area (Å²) in [6.07, 6.45) is 6.04. The van der Waals surface area contributed by atoms with Crippen LogP contribution < -0.4 is 10.2 Å². The second kappa shape index (κ2) is 5.16. The van der Waals surface area contributed by atoms with Crippen LogP contribution in [0.2, 0.25) is 0 Å². The summed E-state index contributed by atoms with van der Waals surface area (Å²) in [4.78, 5) is 8.29. The highest BCUT2D eigenvalue weighted by molar-refractivity contribution is 7.99. The lowest BCUT2D eigenvalue weighted by atomic mass is 10.2. The molecule has 1 aliphatic carbocycles. The second-order valence-corrected chi connectivity index (χ2v) is 7.14. The Labute approximate surface area is 111 Å². The molecule has 0 bridgehead atoms. The van der Waals surface area contributed by atoms with Gasteiger partial charge < -0.3 is 10.2 Å². The molecular weight excluding hydrogens is 250 g/mol. The smallest absolute Gasteiger partial charge is 0.185 e. The average molecular weight is 269 g/mol. The van der Waals surface area contributed by atoms with Gasteiger partial charge >= 0.3 is 0 Å². The van der Waals surface area contributed by atoms with E-state index in [0.29, 0.717) is 6.04 Å². The molecule has 1 aromatic rings. The number of rotatable bonds is 5. The van der Waals surface area contributed by atoms with Crippen LogP contribution in [0.3, 0.4) is 0 Å². The summed E-state index contributed by atoms with van der Waals surface area (Å²) in [7, 11) is 2.19. The number of hydrogen-bond donors (Lipinski definition) is 1. The molecule has 1 N–H and O–H groups in total. The molecule has 2 aliphatic rings. The summed E-state index contributed by atoms with van der Waals surface area (Å²) in [5.74, 6) is 2.56. The quantitative estimate of drug-likeness (QED) is 0.888. The largest absolute Gasteiger partial charge is 0.347 e. The summed E-state index contributed by atoms with van der Waals surface area (Å²) < 4.78 is 0. The number of nitrogens with one attached hydrogen (secondary N) is 1. The van der Waals surface area contributed by atoms with E-state index in [1.807, 2.05) is 17.5 Å². The fraction of sp³-hybridized carbons (Fsp3) is 0.750. The molecule has 1 aliphatic heterocycles. The number of thiazole rings is 1. The standard InChI is InChI=1S/C12H19N3S2/c1-15(10-4-5-16-8-10)12-14-7-11(17-12)6-13-9-2-3-9/h7,9-10,13H,2-6,8H2,1H3. The van der Waals surface area contributed by atoms with Crippen molar-refractivity contribution >= 4 is 28.2 Å². The minimum atomic E-state index is 0.690. The molecule has 17 heavy (non-hydrogen) atoms. The Kier molecular flexibility index (Phi) is 3.59. The molecule has 5 heteroatoms. The molecule has 1 atom stereocenters. The van der Waals surface area contributed by atoms with Crippen molar-refractivity contribution < 1.29 is 0 Å². The highest BCUT2D eigenvalue weighted by Crippen LogP contribution is 2.29. The average Bonchev–Trinajstić information content (AvgIpc) is 2.86. The minimum absolute atomic E-state index is 0.690. The third-order valence-electron chi connectivity index (χ3n) is 3.44. The lowest BCUT2D eigenvalue weighted by Gasteiger charge is -2.22. The Morgan fingerprint density at radius 3 is 3.06 bits per heavy atom. The number of hydrogen-bond acceptors (Lipinski definition) is 5. The van der Waals surface area contributed by atoms with Gasteiger partial charge in [-0.05, 0) is 25.0 Å². The van der Waals surface area contributed by atoms with Crippen molar-refractivity contribution in [2.24, 2.45) is 0 Å². The van der Waals surface area contributed by atoms with Crippen LogP contribution in [0.15, 0.2) is 6.20 Å². The van der Waals surface area contributed by atoms with Crippen LogP contribution in [0, 0.1) is 0 Å². The highest BCUT2D eigenvalue weighted by Gasteiger charge is 2.23. The van der Waals surface area contributed by atoms with Gasteiger partial charge in [-0.15, -0.1) is 11.3 Å². The number of anilines is 1. The Morgan fingerprint density at radius 2 is 2.35 bits per heavy atom. The van der Waals surface area contributed by atoms with E-state index in [1.165, 1.54) is 40.8 Å². The Bertz CT molecular complexity index is 370. The van der Waals surface area contributed by atoms with Crippen molar-refractivity contribution in [2.75, 3.05) is 23.5 Å². The molecule has 94 valence electrons. The Balaban J connectivity index is 1.57. The second-order valence-electron chi connectivity index (χ2n) is 4.89. The fourth-order valence-electron chi connectivity index (χ4n) is 2.06. The summed E-state index contributed by atoms with van der Waals surface area (Å²) in [5, 5.41) is 4.73. The van der Waals surface area contributed by atoms with Gasteiger partial charge in [-0.3, -0.25) is 0 Å². The maximum Gasteiger partial charge on any atom is 0.185 e. The first-order valence-corrected chi connectivity index (χ1v) is 8.29. The molecule has 1 saturated heterocycles. The number of nitrogens with zero attached hydrogens (tertiary/aromatic N) is 2. The molecule has 1 unspecified atom stereocenters. The van der Waals surface area contributed by atoms with Gasteiger partial charge in [0.1, 0.15) is 0 Å². The van der Waals surface area contributed by atoms with E-state index in [1.54, 1.807) is 0 Å². The number of thioether (sulfide) groups is 1. The summed E-state index contributed by atoms with van der Waals surface area (Å²) in [6.45, 7) is 0.996. The monoisotopic (exact) mass is 269 g/mol. The lowest BCUT2D eigenvalue weighted by Crippen LogP contribution is -2.30. The van der Waals surface area contributed by atoms with E-state index < -0.39 is 0 Å². The van der Waals surface area contributed by atoms with Gasteiger partial charge in [-0.2, -0.15) is 11.8 Å². The van der Waals surface area contributed by atoms with Crippen LogP contribution in [-0.4, -0.2) is 35.6 Å². The molecule has 0 amide bonds. The summed E-state index contributed by atoms with van der Waals surface area (Å²) in [6, 6.07) is 1.47. The molecule has 3 rings (SSSR count). The molecule has 0 spiro atoms. The van der Waals surface area contributed by atoms with Crippen LogP contribution in [0.25, 0.3) is 0 Å². The zero-order valence-corrected chi connectivity index (χ0v) is 11.8. The van der Waals surface area contributed by atoms with Gasteiger partial charge in [0.15, 0.2) is 5.13 Å². The van der Waals surface area contributed by atoms with Crippen LogP contribution in [0.5, 0.6) is 0 Å². The van der Waals surface area contributed by atoms with Gasteiger partial charge in [0.2, 0.25) is 0 Å². The molecule has 2 fully saturated rings. The Hall–Kier alpha value is -0.260. The maximum absolute atomic E-state index is 4.55. The van der Waals surface area contributed by atoms with Crippen molar-refractivity contribution in [3.05, 3.63) is 11.1 Å². The van der Waals surface area contributed by atoms with Crippen LogP contribution >= 0.6 is 23.1 Å². The predicted octanol–water partition coefficient (Wildman–Crippen LogP) is 2.34. The van der Waals surface area contributed by atoms with Crippen molar-refractivity contribution in [2.45, 2.75) is 37.9 Å². The van der Waals surface area contributed by atoms with Crippen LogP contribution in [0.4, 0.5) is 5.13 Å². The molecule has 0 aromatic carbocycles. The third-order valence-corrected chi connectivity index (χ3v) is 5.67. The van der Waals surface area contributed by atoms with Crippen molar-refractivity contribution in [1.82, 2.24) is 10.3 Å². The van der Waals surface area contributed by atoms with Gasteiger partial charge in [0, 0.05) is 42.5 Å². The third kappa shape index (κ3) is 2.95. The summed E-state index contributed by atoms with van der Waals surface area (Å²) >= 11 is 3.90. The van der Waals surface area contributed by atoms with E-state index in [4.69, 9.17) is 0 Å². The molecule has 0 radical (unpaired) electrons. The van der Waals surface area contributed by atoms with Crippen molar-refractivity contribution in [1.29, 1.82) is 0 Å². The van der Waals surface area contributed by atoms with Gasteiger partial charge in [-0.25, -0.2) is 4.98 Å². The first-order chi connectivity index (χ1) is 8.33. The van der Waals surface area contributed by atoms with E-state index in [-0.39, 0.29) is 0 Å². The van der Waals surface area contributed by atoms with E-state index in [2.05, 4.69) is 34.0 Å². The first-order valence-electron chi connectivity index (χ1n) is 6.31. The van der Waals surface area contributed by atoms with Gasteiger partial charge in [0.05, 0.1) is 0 Å². The van der Waals surface area contributed by atoms with Gasteiger partial charge in [-0.1, -0.05) is 0 Å². The van der Waals surface area contributed by atoms with E-state index in [9.17, 15) is 0 Å². The zero-order chi connectivity index (χ0) is 11.7. The SMILES string of the molecule is CN(c1ncc(CNC2CC2)s1)C1CCSC1. The van der Waals surface area contributed by atoms with Crippen molar-refractivity contribution in [3.8, 4) is 0 Å². The fourth-order valence-corrected chi connectivity index (χ4v) is 4.22. The predicted molar refractivity (Wildman–Crippen MR) is 76.1 cm³/mol. The molecule has 1 saturated carbocycles. The number of aromatic nitrogens is 1. The lowest BCUT2D eigenvalue weighted by molar-refractivity contribution is 0.693. The van der Waals surface area contributed by atoms with Crippen molar-refractivity contribution in [3.63, 3.8) is 0 Å². The molecular formula is C12H19N3S2. The van der Waals surface area contributed by atoms with Gasteiger partial charge in [0.25, 0.3) is 0 Å². The molecule has 2 heterocycles. The highest BCUT2D eigenvalue weighted by atomic mass is 32.2. The molecule has 1 aromatic heterocycles. The minimum Gasteiger partial charge on any atom is -0.347 e. The molecule has 3 nitrogen and oxygen atoms in total. The zero-order valence-electron chi connectivity index (χ0n) is 10.2. The topological polar surface area (TPSA) is 28.2 Å². The Morgan fingerprint density at radius 1 is 1.47 bits per heavy atom. The van der Waals surface area contributed by atoms with Crippen LogP contribution in [-0.2, 0) is 6.54 Å². The first kappa shape index (κ1) is 11.8. The van der Waals surface area contributed by atoms with E-state index >= 15 is 0 Å². The van der Waals surface area contributed by atoms with Crippen LogP contribution in [0.1, 0.15) is 24.1 Å². The van der Waals surface area contributed by atoms with E-state index in [0.717, 1.165) is 12.6 Å². The normalized spacial score (nSPS) is 24.2.